The highest BCUT2D eigenvalue weighted by molar-refractivity contribution is 9.10. The average Bonchev–Trinajstić information content (AvgIpc) is 2.44. The first kappa shape index (κ1) is 10.5. The molecule has 14 heavy (non-hydrogen) atoms. The number of halogens is 1. The van der Waals surface area contributed by atoms with Gasteiger partial charge >= 0.3 is 0 Å². The average molecular weight is 272 g/mol. The lowest BCUT2D eigenvalue weighted by Crippen LogP contribution is -2.20. The second kappa shape index (κ2) is 4.25. The molecular formula is C11H14BrNS. The molecule has 0 amide bonds. The molecule has 2 unspecified atom stereocenters. The summed E-state index contributed by atoms with van der Waals surface area (Å²) in [5.74, 6) is 0. The molecule has 0 bridgehead atoms. The zero-order chi connectivity index (χ0) is 10.1. The Morgan fingerprint density at radius 3 is 3.14 bits per heavy atom. The van der Waals surface area contributed by atoms with Gasteiger partial charge in [-0.1, -0.05) is 15.9 Å². The zero-order valence-electron chi connectivity index (χ0n) is 8.16. The van der Waals surface area contributed by atoms with Crippen molar-refractivity contribution >= 4 is 27.7 Å². The van der Waals surface area contributed by atoms with Gasteiger partial charge < -0.3 is 5.73 Å². The molecule has 0 aliphatic carbocycles. The lowest BCUT2D eigenvalue weighted by molar-refractivity contribution is 0.642. The summed E-state index contributed by atoms with van der Waals surface area (Å²) in [5.41, 5.74) is 7.28. The van der Waals surface area contributed by atoms with Crippen molar-refractivity contribution in [1.82, 2.24) is 0 Å². The minimum Gasteiger partial charge on any atom is -0.328 e. The van der Waals surface area contributed by atoms with Crippen molar-refractivity contribution < 1.29 is 0 Å². The number of hydrogen-bond acceptors (Lipinski definition) is 2. The lowest BCUT2D eigenvalue weighted by Gasteiger charge is -2.10. The Bertz CT molecular complexity index is 338. The Kier molecular flexibility index (Phi) is 3.20. The van der Waals surface area contributed by atoms with E-state index in [2.05, 4.69) is 41.1 Å². The molecule has 1 aromatic rings. The third kappa shape index (κ3) is 2.33. The molecular weight excluding hydrogens is 258 g/mol. The quantitative estimate of drug-likeness (QED) is 0.894. The molecule has 0 saturated carbocycles. The normalized spacial score (nSPS) is 22.1. The van der Waals surface area contributed by atoms with Gasteiger partial charge in [0.25, 0.3) is 0 Å². The van der Waals surface area contributed by atoms with Crippen molar-refractivity contribution in [3.63, 3.8) is 0 Å². The summed E-state index contributed by atoms with van der Waals surface area (Å²) in [4.78, 5) is 1.43. The number of rotatable bonds is 2. The smallest absolute Gasteiger partial charge is 0.0178 e. The molecule has 1 nitrogen and oxygen atoms in total. The number of benzene rings is 1. The maximum absolute atomic E-state index is 5.81. The van der Waals surface area contributed by atoms with Crippen LogP contribution in [0.25, 0.3) is 0 Å². The van der Waals surface area contributed by atoms with E-state index in [1.165, 1.54) is 21.4 Å². The molecule has 3 heteroatoms. The number of fused-ring (bicyclic) bond motifs is 1. The van der Waals surface area contributed by atoms with Crippen LogP contribution in [0, 0.1) is 0 Å². The first-order chi connectivity index (χ1) is 6.65. The molecule has 2 rings (SSSR count). The summed E-state index contributed by atoms with van der Waals surface area (Å²) in [5, 5.41) is 0.680. The highest BCUT2D eigenvalue weighted by Gasteiger charge is 2.22. The first-order valence-corrected chi connectivity index (χ1v) is 6.53. The van der Waals surface area contributed by atoms with Crippen LogP contribution in [-0.4, -0.2) is 11.3 Å². The van der Waals surface area contributed by atoms with Gasteiger partial charge in [-0.3, -0.25) is 0 Å². The minimum absolute atomic E-state index is 0.310. The zero-order valence-corrected chi connectivity index (χ0v) is 10.6. The monoisotopic (exact) mass is 271 g/mol. The van der Waals surface area contributed by atoms with E-state index < -0.39 is 0 Å². The second-order valence-electron chi connectivity index (χ2n) is 3.91. The molecule has 2 atom stereocenters. The molecule has 0 spiro atoms. The van der Waals surface area contributed by atoms with Crippen molar-refractivity contribution in [3.8, 4) is 0 Å². The Labute approximate surface area is 97.6 Å². The molecule has 1 heterocycles. The predicted octanol–water partition coefficient (Wildman–Crippen LogP) is 3.20. The number of nitrogens with two attached hydrogens (primary N) is 1. The van der Waals surface area contributed by atoms with Crippen molar-refractivity contribution in [1.29, 1.82) is 0 Å². The topological polar surface area (TPSA) is 26.0 Å². The van der Waals surface area contributed by atoms with E-state index in [0.29, 0.717) is 11.3 Å². The van der Waals surface area contributed by atoms with Crippen LogP contribution in [0.15, 0.2) is 27.6 Å². The predicted molar refractivity (Wildman–Crippen MR) is 65.8 cm³/mol. The summed E-state index contributed by atoms with van der Waals surface area (Å²) in [6, 6.07) is 6.85. The van der Waals surface area contributed by atoms with E-state index in [-0.39, 0.29) is 0 Å². The first-order valence-electron chi connectivity index (χ1n) is 4.86. The lowest BCUT2D eigenvalue weighted by atomic mass is 10.1. The summed E-state index contributed by atoms with van der Waals surface area (Å²) < 4.78 is 1.18. The summed E-state index contributed by atoms with van der Waals surface area (Å²) in [7, 11) is 0. The standard InChI is InChI=1S/C11H14BrNS/c1-7(13)4-10-6-8-5-9(12)2-3-11(8)14-10/h2-3,5,7,10H,4,6,13H2,1H3. The fourth-order valence-electron chi connectivity index (χ4n) is 1.84. The largest absolute Gasteiger partial charge is 0.328 e. The summed E-state index contributed by atoms with van der Waals surface area (Å²) >= 11 is 5.47. The molecule has 1 aliphatic rings. The van der Waals surface area contributed by atoms with Crippen LogP contribution in [-0.2, 0) is 6.42 Å². The fraction of sp³-hybridized carbons (Fsp3) is 0.455. The van der Waals surface area contributed by atoms with Gasteiger partial charge in [0.2, 0.25) is 0 Å². The maximum Gasteiger partial charge on any atom is 0.0178 e. The number of thioether (sulfide) groups is 1. The van der Waals surface area contributed by atoms with Crippen molar-refractivity contribution in [2.45, 2.75) is 36.0 Å². The highest BCUT2D eigenvalue weighted by Crippen LogP contribution is 2.39. The van der Waals surface area contributed by atoms with Crippen LogP contribution in [0.5, 0.6) is 0 Å². The van der Waals surface area contributed by atoms with E-state index >= 15 is 0 Å². The number of hydrogen-bond donors (Lipinski definition) is 1. The third-order valence-electron chi connectivity index (χ3n) is 2.40. The molecule has 2 N–H and O–H groups in total. The molecule has 0 aromatic heterocycles. The van der Waals surface area contributed by atoms with Crippen molar-refractivity contribution in [2.24, 2.45) is 5.73 Å². The third-order valence-corrected chi connectivity index (χ3v) is 4.24. The molecule has 0 saturated heterocycles. The minimum atomic E-state index is 0.310. The highest BCUT2D eigenvalue weighted by atomic mass is 79.9. The Morgan fingerprint density at radius 2 is 2.43 bits per heavy atom. The van der Waals surface area contributed by atoms with Gasteiger partial charge in [0, 0.05) is 20.7 Å². The van der Waals surface area contributed by atoms with Gasteiger partial charge in [0.1, 0.15) is 0 Å². The van der Waals surface area contributed by atoms with E-state index in [1.807, 2.05) is 11.8 Å². The van der Waals surface area contributed by atoms with Crippen LogP contribution < -0.4 is 5.73 Å². The Hall–Kier alpha value is 0.01000. The van der Waals surface area contributed by atoms with Crippen LogP contribution in [0.3, 0.4) is 0 Å². The molecule has 0 radical (unpaired) electrons. The molecule has 1 aliphatic heterocycles. The SMILES string of the molecule is CC(N)CC1Cc2cc(Br)ccc2S1. The molecule has 0 fully saturated rings. The Morgan fingerprint density at radius 1 is 1.64 bits per heavy atom. The van der Waals surface area contributed by atoms with Crippen LogP contribution in [0.4, 0.5) is 0 Å². The fourth-order valence-corrected chi connectivity index (χ4v) is 3.71. The van der Waals surface area contributed by atoms with E-state index in [9.17, 15) is 0 Å². The molecule has 76 valence electrons. The van der Waals surface area contributed by atoms with Gasteiger partial charge in [-0.05, 0) is 43.5 Å². The van der Waals surface area contributed by atoms with E-state index in [4.69, 9.17) is 5.73 Å². The van der Waals surface area contributed by atoms with Gasteiger partial charge in [-0.2, -0.15) is 0 Å². The summed E-state index contributed by atoms with van der Waals surface area (Å²) in [6.45, 7) is 2.08. The van der Waals surface area contributed by atoms with Crippen LogP contribution in [0.2, 0.25) is 0 Å². The van der Waals surface area contributed by atoms with Crippen LogP contribution >= 0.6 is 27.7 Å². The molecule has 1 aromatic carbocycles. The van der Waals surface area contributed by atoms with Crippen molar-refractivity contribution in [2.75, 3.05) is 0 Å². The van der Waals surface area contributed by atoms with Gasteiger partial charge in [0.15, 0.2) is 0 Å². The van der Waals surface area contributed by atoms with Gasteiger partial charge in [0.05, 0.1) is 0 Å². The maximum atomic E-state index is 5.81. The van der Waals surface area contributed by atoms with Gasteiger partial charge in [-0.25, -0.2) is 0 Å². The second-order valence-corrected chi connectivity index (χ2v) is 6.17. The summed E-state index contributed by atoms with van der Waals surface area (Å²) in [6.07, 6.45) is 2.28. The Balaban J connectivity index is 2.10. The van der Waals surface area contributed by atoms with Crippen molar-refractivity contribution in [3.05, 3.63) is 28.2 Å². The van der Waals surface area contributed by atoms with Crippen LogP contribution in [0.1, 0.15) is 18.9 Å². The van der Waals surface area contributed by atoms with Gasteiger partial charge in [-0.15, -0.1) is 11.8 Å². The van der Waals surface area contributed by atoms with E-state index in [0.717, 1.165) is 6.42 Å². The van der Waals surface area contributed by atoms with E-state index in [1.54, 1.807) is 0 Å².